The smallest absolute Gasteiger partial charge is 0.395 e. The maximum Gasteiger partial charge on any atom is 0.416 e. The summed E-state index contributed by atoms with van der Waals surface area (Å²) in [4.78, 5) is 13.8. The van der Waals surface area contributed by atoms with Crippen molar-refractivity contribution >= 4 is 22.8 Å². The van der Waals surface area contributed by atoms with E-state index < -0.39 is 35.7 Å². The molecule has 2 unspecified atom stereocenters. The van der Waals surface area contributed by atoms with E-state index in [2.05, 4.69) is 19.7 Å². The van der Waals surface area contributed by atoms with E-state index in [1.54, 1.807) is 10.7 Å². The number of imidazole rings is 1. The molecule has 1 saturated carbocycles. The molecule has 4 atom stereocenters. The Morgan fingerprint density at radius 1 is 1.11 bits per heavy atom. The Balaban J connectivity index is 1.24. The number of aliphatic hydroxyl groups excluding tert-OH is 1. The van der Waals surface area contributed by atoms with Crippen LogP contribution in [0.15, 0.2) is 30.6 Å². The van der Waals surface area contributed by atoms with Crippen LogP contribution in [-0.4, -0.2) is 89.6 Å². The van der Waals surface area contributed by atoms with Gasteiger partial charge < -0.3 is 19.3 Å². The third kappa shape index (κ3) is 5.42. The Hall–Kier alpha value is -3.43. The maximum atomic E-state index is 14.1. The van der Waals surface area contributed by atoms with Crippen molar-refractivity contribution in [3.8, 4) is 0 Å². The molecule has 2 saturated heterocycles. The topological polar surface area (TPSA) is 96.8 Å². The Kier molecular flexibility index (Phi) is 7.47. The zero-order valence-electron chi connectivity index (χ0n) is 25.0. The highest BCUT2D eigenvalue weighted by Gasteiger charge is 2.52. The molecule has 0 amide bonds. The van der Waals surface area contributed by atoms with Gasteiger partial charge in [0.05, 0.1) is 30.9 Å². The van der Waals surface area contributed by atoms with Gasteiger partial charge in [0, 0.05) is 44.6 Å². The molecule has 0 spiro atoms. The fourth-order valence-electron chi connectivity index (χ4n) is 7.36. The molecule has 3 fully saturated rings. The SMILES string of the molecule is Cc1nc2c(N3C[C@@H](CO)N(C(c4ccc(C(F)(F)F)cc4)C4CC(F)(F)C4)C[C@@H]3C)nc3nncn3c2n1CC1CCCO1. The summed E-state index contributed by atoms with van der Waals surface area (Å²) >= 11 is 0. The van der Waals surface area contributed by atoms with Gasteiger partial charge in [0.25, 0.3) is 5.78 Å². The van der Waals surface area contributed by atoms with Gasteiger partial charge in [-0.3, -0.25) is 4.90 Å². The fraction of sp³-hybridized carbons (Fsp3) is 0.600. The van der Waals surface area contributed by atoms with Gasteiger partial charge >= 0.3 is 6.18 Å². The molecule has 7 rings (SSSR count). The molecule has 0 bridgehead atoms. The Morgan fingerprint density at radius 3 is 2.51 bits per heavy atom. The predicted molar refractivity (Wildman–Crippen MR) is 154 cm³/mol. The van der Waals surface area contributed by atoms with Gasteiger partial charge in [-0.2, -0.15) is 18.2 Å². The van der Waals surface area contributed by atoms with Gasteiger partial charge in [0.1, 0.15) is 17.7 Å². The summed E-state index contributed by atoms with van der Waals surface area (Å²) in [6, 6.07) is 3.44. The molecule has 1 aliphatic carbocycles. The number of aliphatic hydroxyl groups is 1. The Labute approximate surface area is 255 Å². The Morgan fingerprint density at radius 2 is 1.87 bits per heavy atom. The molecule has 5 heterocycles. The zero-order valence-corrected chi connectivity index (χ0v) is 25.0. The zero-order chi connectivity index (χ0) is 31.7. The number of nitrogens with zero attached hydrogens (tertiary/aromatic N) is 8. The number of hydrogen-bond acceptors (Lipinski definition) is 8. The number of aryl methyl sites for hydroxylation is 1. The van der Waals surface area contributed by atoms with Gasteiger partial charge in [-0.15, -0.1) is 10.2 Å². The van der Waals surface area contributed by atoms with E-state index in [4.69, 9.17) is 14.7 Å². The molecular weight excluding hydrogens is 599 g/mol. The normalized spacial score (nSPS) is 25.3. The van der Waals surface area contributed by atoms with Gasteiger partial charge in [-0.05, 0) is 50.3 Å². The number of anilines is 1. The van der Waals surface area contributed by atoms with Crippen molar-refractivity contribution in [3.63, 3.8) is 0 Å². The minimum atomic E-state index is -4.51. The first-order chi connectivity index (χ1) is 21.4. The number of hydrogen-bond donors (Lipinski definition) is 1. The predicted octanol–water partition coefficient (Wildman–Crippen LogP) is 4.64. The lowest BCUT2D eigenvalue weighted by Gasteiger charge is -2.52. The van der Waals surface area contributed by atoms with Crippen molar-refractivity contribution in [2.45, 2.75) is 82.4 Å². The average Bonchev–Trinajstić information content (AvgIpc) is 3.73. The van der Waals surface area contributed by atoms with E-state index in [1.807, 2.05) is 18.7 Å². The number of benzene rings is 1. The van der Waals surface area contributed by atoms with E-state index >= 15 is 0 Å². The summed E-state index contributed by atoms with van der Waals surface area (Å²) in [5.41, 5.74) is 1.15. The molecule has 1 aromatic carbocycles. The third-order valence-electron chi connectivity index (χ3n) is 9.59. The van der Waals surface area contributed by atoms with Crippen LogP contribution >= 0.6 is 0 Å². The highest BCUT2D eigenvalue weighted by Crippen LogP contribution is 2.51. The number of halogens is 5. The number of alkyl halides is 5. The summed E-state index contributed by atoms with van der Waals surface area (Å²) < 4.78 is 78.0. The molecule has 15 heteroatoms. The molecule has 0 radical (unpaired) electrons. The van der Waals surface area contributed by atoms with Crippen LogP contribution in [-0.2, 0) is 17.5 Å². The summed E-state index contributed by atoms with van der Waals surface area (Å²) in [7, 11) is 0. The minimum absolute atomic E-state index is 0.0616. The number of aromatic nitrogens is 6. The van der Waals surface area contributed by atoms with E-state index in [0.29, 0.717) is 42.3 Å². The molecule has 3 aromatic heterocycles. The highest BCUT2D eigenvalue weighted by molar-refractivity contribution is 5.87. The second kappa shape index (κ2) is 11.1. The molecular formula is C30H35F5N8O2. The van der Waals surface area contributed by atoms with Crippen molar-refractivity contribution in [2.24, 2.45) is 5.92 Å². The van der Waals surface area contributed by atoms with E-state index in [0.717, 1.165) is 43.1 Å². The second-order valence-corrected chi connectivity index (χ2v) is 12.6. The average molecular weight is 635 g/mol. The van der Waals surface area contributed by atoms with Crippen LogP contribution in [0.1, 0.15) is 55.6 Å². The first kappa shape index (κ1) is 30.2. The van der Waals surface area contributed by atoms with Gasteiger partial charge in [-0.1, -0.05) is 12.1 Å². The highest BCUT2D eigenvalue weighted by atomic mass is 19.4. The largest absolute Gasteiger partial charge is 0.416 e. The van der Waals surface area contributed by atoms with Crippen LogP contribution in [0, 0.1) is 12.8 Å². The number of rotatable bonds is 7. The monoisotopic (exact) mass is 634 g/mol. The van der Waals surface area contributed by atoms with Gasteiger partial charge in [0.2, 0.25) is 5.92 Å². The summed E-state index contributed by atoms with van der Waals surface area (Å²) in [6.45, 7) is 5.61. The van der Waals surface area contributed by atoms with Crippen LogP contribution in [0.2, 0.25) is 0 Å². The van der Waals surface area contributed by atoms with E-state index in [-0.39, 0.29) is 31.6 Å². The summed E-state index contributed by atoms with van der Waals surface area (Å²) in [6.07, 6.45) is -1.62. The van der Waals surface area contributed by atoms with E-state index in [9.17, 15) is 27.1 Å². The standard InChI is InChI=1S/C30H35F5N8O2/c1-17-12-42(25(20-10-29(31,32)11-20)19-5-7-21(8-6-19)30(33,34)35)22(15-44)13-40(17)26-24-27(43-16-36-39-28(43)38-26)41(18(2)37-24)14-23-4-3-9-45-23/h5-8,16-17,20,22-23,25,44H,3-4,9-15H2,1-2H3/t17-,22-,23?,25?/m0/s1. The second-order valence-electron chi connectivity index (χ2n) is 12.6. The van der Waals surface area contributed by atoms with Gasteiger partial charge in [0.15, 0.2) is 11.5 Å². The molecule has 4 aromatic rings. The maximum absolute atomic E-state index is 14.1. The third-order valence-corrected chi connectivity index (χ3v) is 9.59. The Bertz CT molecular complexity index is 1680. The summed E-state index contributed by atoms with van der Waals surface area (Å²) in [5, 5.41) is 19.0. The van der Waals surface area contributed by atoms with Crippen LogP contribution < -0.4 is 4.90 Å². The minimum Gasteiger partial charge on any atom is -0.395 e. The van der Waals surface area contributed by atoms with Crippen molar-refractivity contribution in [2.75, 3.05) is 31.2 Å². The molecule has 2 aliphatic heterocycles. The molecule has 10 nitrogen and oxygen atoms in total. The van der Waals surface area contributed by atoms with Crippen molar-refractivity contribution in [1.29, 1.82) is 0 Å². The van der Waals surface area contributed by atoms with Crippen LogP contribution in [0.4, 0.5) is 27.8 Å². The van der Waals surface area contributed by atoms with E-state index in [1.165, 1.54) is 12.1 Å². The quantitative estimate of drug-likeness (QED) is 0.294. The lowest BCUT2D eigenvalue weighted by atomic mass is 9.73. The first-order valence-corrected chi connectivity index (χ1v) is 15.3. The first-order valence-electron chi connectivity index (χ1n) is 15.3. The van der Waals surface area contributed by atoms with Crippen LogP contribution in [0.25, 0.3) is 16.9 Å². The fourth-order valence-corrected chi connectivity index (χ4v) is 7.36. The molecule has 45 heavy (non-hydrogen) atoms. The number of ether oxygens (including phenoxy) is 1. The number of fused-ring (bicyclic) bond motifs is 3. The van der Waals surface area contributed by atoms with Crippen LogP contribution in [0.5, 0.6) is 0 Å². The van der Waals surface area contributed by atoms with Crippen molar-refractivity contribution in [1.82, 2.24) is 34.0 Å². The van der Waals surface area contributed by atoms with Gasteiger partial charge in [-0.25, -0.2) is 18.2 Å². The molecule has 242 valence electrons. The summed E-state index contributed by atoms with van der Waals surface area (Å²) in [5.74, 6) is -1.55. The van der Waals surface area contributed by atoms with Crippen LogP contribution in [0.3, 0.4) is 0 Å². The lowest BCUT2D eigenvalue weighted by Crippen LogP contribution is -2.61. The lowest BCUT2D eigenvalue weighted by molar-refractivity contribution is -0.139. The molecule has 3 aliphatic rings. The van der Waals surface area contributed by atoms with Crippen molar-refractivity contribution < 1.29 is 31.8 Å². The van der Waals surface area contributed by atoms with Crippen molar-refractivity contribution in [3.05, 3.63) is 47.5 Å². The molecule has 1 N–H and O–H groups in total. The number of piperazine rings is 1.